The third-order valence-corrected chi connectivity index (χ3v) is 4.09. The summed E-state index contributed by atoms with van der Waals surface area (Å²) in [4.78, 5) is 21.6. The lowest BCUT2D eigenvalue weighted by atomic mass is 10.0. The summed E-state index contributed by atoms with van der Waals surface area (Å²) in [5.41, 5.74) is 0. The van der Waals surface area contributed by atoms with Crippen molar-refractivity contribution in [3.63, 3.8) is 0 Å². The van der Waals surface area contributed by atoms with Gasteiger partial charge < -0.3 is 9.88 Å². The number of piperidine rings is 1. The predicted octanol–water partition coefficient (Wildman–Crippen LogP) is 2.33. The van der Waals surface area contributed by atoms with E-state index in [2.05, 4.69) is 25.5 Å². The molecule has 0 saturated carbocycles. The summed E-state index contributed by atoms with van der Waals surface area (Å²) in [6.45, 7) is 2.59. The maximum absolute atomic E-state index is 12.4. The van der Waals surface area contributed by atoms with Gasteiger partial charge in [-0.3, -0.25) is 5.32 Å². The predicted molar refractivity (Wildman–Crippen MR) is 75.6 cm³/mol. The highest BCUT2D eigenvalue weighted by Crippen LogP contribution is 2.29. The zero-order valence-corrected chi connectivity index (χ0v) is 12.0. The van der Waals surface area contributed by atoms with E-state index in [1.807, 2.05) is 11.8 Å². The standard InChI is InChI=1S/C12H16N6OS/c1-8-16-17-11(20-8)15-12(19)18-7-3-2-4-9(18)10-13-5-6-14-10/h5-6,9H,2-4,7H2,1H3,(H,13,14)(H,15,17,19)/t9-/m0/s1. The molecule has 3 heterocycles. The number of H-pyrrole nitrogens is 1. The number of urea groups is 1. The van der Waals surface area contributed by atoms with E-state index in [1.54, 1.807) is 12.4 Å². The van der Waals surface area contributed by atoms with Crippen molar-refractivity contribution in [3.8, 4) is 0 Å². The van der Waals surface area contributed by atoms with E-state index < -0.39 is 0 Å². The van der Waals surface area contributed by atoms with Crippen LogP contribution in [-0.4, -0.2) is 37.6 Å². The number of amides is 2. The van der Waals surface area contributed by atoms with Gasteiger partial charge in [0.15, 0.2) is 0 Å². The Balaban J connectivity index is 1.74. The molecule has 3 rings (SSSR count). The molecular weight excluding hydrogens is 276 g/mol. The average Bonchev–Trinajstić information content (AvgIpc) is 3.10. The van der Waals surface area contributed by atoms with Crippen molar-refractivity contribution in [1.82, 2.24) is 25.1 Å². The van der Waals surface area contributed by atoms with Gasteiger partial charge in [0.25, 0.3) is 0 Å². The summed E-state index contributed by atoms with van der Waals surface area (Å²) in [5, 5.41) is 12.0. The second-order valence-electron chi connectivity index (χ2n) is 4.74. The Morgan fingerprint density at radius 2 is 2.40 bits per heavy atom. The summed E-state index contributed by atoms with van der Waals surface area (Å²) in [6, 6.07) is -0.130. The number of likely N-dealkylation sites (tertiary alicyclic amines) is 1. The number of aromatic nitrogens is 4. The lowest BCUT2D eigenvalue weighted by Gasteiger charge is -2.34. The summed E-state index contributed by atoms with van der Waals surface area (Å²) >= 11 is 1.37. The molecule has 0 bridgehead atoms. The third kappa shape index (κ3) is 2.64. The van der Waals surface area contributed by atoms with Crippen LogP contribution in [0.1, 0.15) is 36.1 Å². The van der Waals surface area contributed by atoms with Gasteiger partial charge in [-0.2, -0.15) is 0 Å². The van der Waals surface area contributed by atoms with E-state index in [0.717, 1.165) is 36.6 Å². The molecule has 2 aromatic rings. The van der Waals surface area contributed by atoms with Crippen molar-refractivity contribution in [2.45, 2.75) is 32.2 Å². The number of hydrogen-bond donors (Lipinski definition) is 2. The molecule has 106 valence electrons. The fourth-order valence-corrected chi connectivity index (χ4v) is 3.01. The minimum absolute atomic E-state index is 0.00719. The quantitative estimate of drug-likeness (QED) is 0.889. The van der Waals surface area contributed by atoms with E-state index in [0.29, 0.717) is 5.13 Å². The maximum Gasteiger partial charge on any atom is 0.324 e. The van der Waals surface area contributed by atoms with E-state index in [-0.39, 0.29) is 12.1 Å². The van der Waals surface area contributed by atoms with Crippen molar-refractivity contribution < 1.29 is 4.79 Å². The smallest absolute Gasteiger partial charge is 0.324 e. The molecule has 2 aromatic heterocycles. The number of nitrogens with zero attached hydrogens (tertiary/aromatic N) is 4. The SMILES string of the molecule is Cc1nnc(NC(=O)N2CCCC[C@H]2c2ncc[nH]2)s1. The highest BCUT2D eigenvalue weighted by atomic mass is 32.1. The van der Waals surface area contributed by atoms with Gasteiger partial charge in [0.1, 0.15) is 10.8 Å². The number of carbonyl (C=O) groups excluding carboxylic acids is 1. The molecule has 20 heavy (non-hydrogen) atoms. The molecular formula is C12H16N6OS. The highest BCUT2D eigenvalue weighted by molar-refractivity contribution is 7.15. The van der Waals surface area contributed by atoms with Crippen molar-refractivity contribution in [3.05, 3.63) is 23.2 Å². The molecule has 2 N–H and O–H groups in total. The Morgan fingerprint density at radius 1 is 1.50 bits per heavy atom. The molecule has 2 amide bonds. The molecule has 0 aliphatic carbocycles. The summed E-state index contributed by atoms with van der Waals surface area (Å²) in [6.07, 6.45) is 6.55. The van der Waals surface area contributed by atoms with Crippen LogP contribution in [0.2, 0.25) is 0 Å². The second-order valence-corrected chi connectivity index (χ2v) is 5.92. The van der Waals surface area contributed by atoms with Gasteiger partial charge in [0, 0.05) is 18.9 Å². The molecule has 0 unspecified atom stereocenters. The van der Waals surface area contributed by atoms with Gasteiger partial charge in [-0.15, -0.1) is 10.2 Å². The fraction of sp³-hybridized carbons (Fsp3) is 0.500. The molecule has 7 nitrogen and oxygen atoms in total. The van der Waals surface area contributed by atoms with Crippen molar-refractivity contribution in [1.29, 1.82) is 0 Å². The van der Waals surface area contributed by atoms with Crippen LogP contribution in [0.15, 0.2) is 12.4 Å². The fourth-order valence-electron chi connectivity index (χ4n) is 2.43. The number of aromatic amines is 1. The zero-order chi connectivity index (χ0) is 13.9. The first-order chi connectivity index (χ1) is 9.74. The molecule has 0 spiro atoms. The van der Waals surface area contributed by atoms with E-state index >= 15 is 0 Å². The average molecular weight is 292 g/mol. The van der Waals surface area contributed by atoms with Crippen LogP contribution in [0.3, 0.4) is 0 Å². The van der Waals surface area contributed by atoms with E-state index in [4.69, 9.17) is 0 Å². The number of carbonyl (C=O) groups is 1. The number of anilines is 1. The van der Waals surface area contributed by atoms with E-state index in [1.165, 1.54) is 11.3 Å². The largest absolute Gasteiger partial charge is 0.347 e. The van der Waals surface area contributed by atoms with Gasteiger partial charge in [0.2, 0.25) is 5.13 Å². The lowest BCUT2D eigenvalue weighted by Crippen LogP contribution is -2.41. The number of nitrogens with one attached hydrogen (secondary N) is 2. The minimum atomic E-state index is -0.137. The Hall–Kier alpha value is -1.96. The Morgan fingerprint density at radius 3 is 3.10 bits per heavy atom. The van der Waals surface area contributed by atoms with Gasteiger partial charge in [-0.1, -0.05) is 11.3 Å². The second kappa shape index (κ2) is 5.58. The first-order valence-corrected chi connectivity index (χ1v) is 7.42. The molecule has 1 saturated heterocycles. The van der Waals surface area contributed by atoms with Gasteiger partial charge >= 0.3 is 6.03 Å². The van der Waals surface area contributed by atoms with Crippen LogP contribution in [0.25, 0.3) is 0 Å². The van der Waals surface area contributed by atoms with Crippen molar-refractivity contribution >= 4 is 22.5 Å². The first kappa shape index (κ1) is 13.0. The molecule has 8 heteroatoms. The van der Waals surface area contributed by atoms with Crippen LogP contribution in [0.5, 0.6) is 0 Å². The summed E-state index contributed by atoms with van der Waals surface area (Å²) in [5.74, 6) is 0.841. The van der Waals surface area contributed by atoms with Gasteiger partial charge in [-0.25, -0.2) is 9.78 Å². The highest BCUT2D eigenvalue weighted by Gasteiger charge is 2.30. The van der Waals surface area contributed by atoms with Crippen molar-refractivity contribution in [2.24, 2.45) is 0 Å². The summed E-state index contributed by atoms with van der Waals surface area (Å²) in [7, 11) is 0. The first-order valence-electron chi connectivity index (χ1n) is 6.61. The van der Waals surface area contributed by atoms with Crippen LogP contribution < -0.4 is 5.32 Å². The number of imidazole rings is 1. The van der Waals surface area contributed by atoms with Gasteiger partial charge in [-0.05, 0) is 26.2 Å². The van der Waals surface area contributed by atoms with Crippen LogP contribution in [0.4, 0.5) is 9.93 Å². The number of aryl methyl sites for hydroxylation is 1. The minimum Gasteiger partial charge on any atom is -0.347 e. The Labute approximate surface area is 120 Å². The van der Waals surface area contributed by atoms with E-state index in [9.17, 15) is 4.79 Å². The number of rotatable bonds is 2. The summed E-state index contributed by atoms with van der Waals surface area (Å²) < 4.78 is 0. The third-order valence-electron chi connectivity index (χ3n) is 3.34. The zero-order valence-electron chi connectivity index (χ0n) is 11.2. The Bertz CT molecular complexity index is 581. The maximum atomic E-state index is 12.4. The molecule has 1 atom stereocenters. The molecule has 1 aliphatic heterocycles. The van der Waals surface area contributed by atoms with Crippen LogP contribution in [-0.2, 0) is 0 Å². The molecule has 0 radical (unpaired) electrons. The van der Waals surface area contributed by atoms with Crippen molar-refractivity contribution in [2.75, 3.05) is 11.9 Å². The molecule has 0 aromatic carbocycles. The van der Waals surface area contributed by atoms with Crippen LogP contribution in [0, 0.1) is 6.92 Å². The normalized spacial score (nSPS) is 19.1. The monoisotopic (exact) mass is 292 g/mol. The molecule has 1 aliphatic rings. The van der Waals surface area contributed by atoms with Gasteiger partial charge in [0.05, 0.1) is 6.04 Å². The topological polar surface area (TPSA) is 86.8 Å². The Kier molecular flexibility index (Phi) is 3.64. The number of hydrogen-bond acceptors (Lipinski definition) is 5. The molecule has 1 fully saturated rings. The van der Waals surface area contributed by atoms with Crippen LogP contribution >= 0.6 is 11.3 Å². The lowest BCUT2D eigenvalue weighted by molar-refractivity contribution is 0.160.